The van der Waals surface area contributed by atoms with Crippen LogP contribution in [-0.4, -0.2) is 43.8 Å². The van der Waals surface area contributed by atoms with Gasteiger partial charge in [-0.05, 0) is 53.4 Å². The third kappa shape index (κ3) is 11.5. The lowest BCUT2D eigenvalue weighted by Gasteiger charge is -2.35. The largest absolute Gasteiger partial charge is 0.346 e. The maximum atomic E-state index is 2.42. The molecule has 0 saturated carbocycles. The molecule has 0 bridgehead atoms. The normalized spacial score (nSPS) is 12.0. The Balaban J connectivity index is 3.27. The molecule has 0 heterocycles. The number of hydrogen-bond donors (Lipinski definition) is 1. The predicted molar refractivity (Wildman–Crippen MR) is 100 cm³/mol. The van der Waals surface area contributed by atoms with Gasteiger partial charge in [-0.2, -0.15) is 0 Å². The van der Waals surface area contributed by atoms with Gasteiger partial charge in [0.15, 0.2) is 0 Å². The number of hydrogen-bond acceptors (Lipinski definition) is 0. The van der Waals surface area contributed by atoms with Crippen LogP contribution >= 0.6 is 0 Å². The molecule has 134 valence electrons. The first-order valence-electron chi connectivity index (χ1n) is 10.4. The molecule has 0 atom stereocenters. The monoisotopic (exact) mass is 314 g/mol. The van der Waals surface area contributed by atoms with E-state index in [1.54, 1.807) is 0 Å². The third-order valence-corrected chi connectivity index (χ3v) is 5.59. The van der Waals surface area contributed by atoms with Crippen LogP contribution in [0.4, 0.5) is 0 Å². The molecule has 0 fully saturated rings. The van der Waals surface area contributed by atoms with Gasteiger partial charge >= 0.3 is 0 Å². The predicted octanol–water partition coefficient (Wildman–Crippen LogP) is 4.35. The molecule has 2 N–H and O–H groups in total. The summed E-state index contributed by atoms with van der Waals surface area (Å²) < 4.78 is 1.33. The zero-order valence-corrected chi connectivity index (χ0v) is 16.3. The molecule has 0 saturated heterocycles. The van der Waals surface area contributed by atoms with Crippen LogP contribution in [0.25, 0.3) is 0 Å². The van der Waals surface area contributed by atoms with E-state index in [1.807, 2.05) is 0 Å². The lowest BCUT2D eigenvalue weighted by atomic mass is 10.1. The molecule has 0 radical (unpaired) electrons. The van der Waals surface area contributed by atoms with Gasteiger partial charge < -0.3 is 9.80 Å². The molecule has 0 spiro atoms. The summed E-state index contributed by atoms with van der Waals surface area (Å²) in [6, 6.07) is 0. The van der Waals surface area contributed by atoms with Crippen molar-refractivity contribution in [2.24, 2.45) is 0 Å². The Morgan fingerprint density at radius 2 is 0.955 bits per heavy atom. The average molecular weight is 315 g/mol. The maximum absolute atomic E-state index is 2.42. The molecule has 0 aromatic heterocycles. The van der Waals surface area contributed by atoms with E-state index < -0.39 is 0 Å². The number of quaternary nitrogens is 2. The number of nitrogens with two attached hydrogens (primary N) is 1. The van der Waals surface area contributed by atoms with E-state index in [4.69, 9.17) is 0 Å². The van der Waals surface area contributed by atoms with Gasteiger partial charge in [0.25, 0.3) is 0 Å². The molecule has 2 nitrogen and oxygen atoms in total. The van der Waals surface area contributed by atoms with Gasteiger partial charge in [0.2, 0.25) is 0 Å². The van der Waals surface area contributed by atoms with E-state index in [0.29, 0.717) is 0 Å². The summed E-state index contributed by atoms with van der Waals surface area (Å²) in [5.74, 6) is 0. The topological polar surface area (TPSA) is 16.6 Å². The molecule has 0 aliphatic carbocycles. The Bertz CT molecular complexity index is 203. The Labute approximate surface area is 141 Å². The lowest BCUT2D eigenvalue weighted by molar-refractivity contribution is -0.923. The Hall–Kier alpha value is -0.0800. The van der Waals surface area contributed by atoms with E-state index in [9.17, 15) is 0 Å². The highest BCUT2D eigenvalue weighted by molar-refractivity contribution is 4.49. The molecule has 22 heavy (non-hydrogen) atoms. The minimum atomic E-state index is 1.24. The summed E-state index contributed by atoms with van der Waals surface area (Å²) in [6.45, 7) is 17.2. The smallest absolute Gasteiger partial charge is 0.0786 e. The highest BCUT2D eigenvalue weighted by atomic mass is 15.3. The SMILES string of the molecule is CC[NH2+]CCCCCCCCCCCC[N+](CC)(CC)CC. The van der Waals surface area contributed by atoms with Crippen molar-refractivity contribution in [2.75, 3.05) is 39.3 Å². The number of unbranched alkanes of at least 4 members (excludes halogenated alkanes) is 9. The quantitative estimate of drug-likeness (QED) is 0.304. The van der Waals surface area contributed by atoms with Crippen molar-refractivity contribution in [2.45, 2.75) is 91.9 Å². The summed E-state index contributed by atoms with van der Waals surface area (Å²) in [7, 11) is 0. The molecule has 0 aromatic rings. The molecule has 2 heteroatoms. The van der Waals surface area contributed by atoms with Gasteiger partial charge in [-0.3, -0.25) is 0 Å². The number of nitrogens with zero attached hydrogens (tertiary/aromatic N) is 1. The zero-order valence-electron chi connectivity index (χ0n) is 16.3. The molecular weight excluding hydrogens is 268 g/mol. The molecule has 0 aliphatic heterocycles. The van der Waals surface area contributed by atoms with Crippen molar-refractivity contribution >= 4 is 0 Å². The molecule has 0 aromatic carbocycles. The Kier molecular flexibility index (Phi) is 15.7. The van der Waals surface area contributed by atoms with E-state index >= 15 is 0 Å². The molecule has 0 unspecified atom stereocenters. The summed E-state index contributed by atoms with van der Waals surface area (Å²) >= 11 is 0. The summed E-state index contributed by atoms with van der Waals surface area (Å²) in [4.78, 5) is 0. The van der Waals surface area contributed by atoms with Crippen molar-refractivity contribution in [1.29, 1.82) is 0 Å². The van der Waals surface area contributed by atoms with Crippen LogP contribution < -0.4 is 5.32 Å². The molecule has 0 amide bonds. The highest BCUT2D eigenvalue weighted by Gasteiger charge is 2.19. The second kappa shape index (κ2) is 15.8. The van der Waals surface area contributed by atoms with Crippen molar-refractivity contribution in [1.82, 2.24) is 0 Å². The standard InChI is InChI=1S/C20H45N2/c1-5-21-19-17-15-13-11-9-10-12-14-16-18-20-22(6-2,7-3)8-4/h21H,5-20H2,1-4H3/q+1/p+1. The summed E-state index contributed by atoms with van der Waals surface area (Å²) in [5, 5.41) is 2.42. The van der Waals surface area contributed by atoms with Crippen LogP contribution in [0.2, 0.25) is 0 Å². The van der Waals surface area contributed by atoms with Gasteiger partial charge in [-0.25, -0.2) is 0 Å². The summed E-state index contributed by atoms with van der Waals surface area (Å²) in [6.07, 6.45) is 14.5. The average Bonchev–Trinajstić information content (AvgIpc) is 2.56. The number of rotatable bonds is 17. The first kappa shape index (κ1) is 21.9. The minimum Gasteiger partial charge on any atom is -0.346 e. The Morgan fingerprint density at radius 1 is 0.545 bits per heavy atom. The minimum absolute atomic E-state index is 1.24. The van der Waals surface area contributed by atoms with Crippen LogP contribution in [0.15, 0.2) is 0 Å². The fraction of sp³-hybridized carbons (Fsp3) is 1.00. The van der Waals surface area contributed by atoms with Crippen molar-refractivity contribution in [3.05, 3.63) is 0 Å². The van der Waals surface area contributed by atoms with Crippen molar-refractivity contribution < 1.29 is 9.80 Å². The first-order chi connectivity index (χ1) is 10.7. The molecule has 0 rings (SSSR count). The van der Waals surface area contributed by atoms with Gasteiger partial charge in [0, 0.05) is 0 Å². The lowest BCUT2D eigenvalue weighted by Crippen LogP contribution is -2.83. The van der Waals surface area contributed by atoms with E-state index in [1.165, 1.54) is 108 Å². The van der Waals surface area contributed by atoms with Crippen LogP contribution in [0.5, 0.6) is 0 Å². The van der Waals surface area contributed by atoms with Gasteiger partial charge in [-0.1, -0.05) is 38.5 Å². The maximum Gasteiger partial charge on any atom is 0.0786 e. The van der Waals surface area contributed by atoms with Crippen LogP contribution in [0.1, 0.15) is 91.9 Å². The van der Waals surface area contributed by atoms with Gasteiger partial charge in [0.1, 0.15) is 0 Å². The van der Waals surface area contributed by atoms with Crippen LogP contribution in [0, 0.1) is 0 Å². The van der Waals surface area contributed by atoms with Crippen LogP contribution in [0.3, 0.4) is 0 Å². The van der Waals surface area contributed by atoms with Gasteiger partial charge in [-0.15, -0.1) is 0 Å². The van der Waals surface area contributed by atoms with E-state index in [-0.39, 0.29) is 0 Å². The fourth-order valence-electron chi connectivity index (χ4n) is 3.50. The Morgan fingerprint density at radius 3 is 1.36 bits per heavy atom. The fourth-order valence-corrected chi connectivity index (χ4v) is 3.50. The molecule has 0 aliphatic rings. The van der Waals surface area contributed by atoms with Crippen LogP contribution in [-0.2, 0) is 0 Å². The highest BCUT2D eigenvalue weighted by Crippen LogP contribution is 2.13. The van der Waals surface area contributed by atoms with Gasteiger partial charge in [0.05, 0.1) is 39.3 Å². The third-order valence-electron chi connectivity index (χ3n) is 5.59. The first-order valence-corrected chi connectivity index (χ1v) is 10.4. The molecular formula is C20H46N2+2. The van der Waals surface area contributed by atoms with Crippen molar-refractivity contribution in [3.63, 3.8) is 0 Å². The van der Waals surface area contributed by atoms with Crippen molar-refractivity contribution in [3.8, 4) is 0 Å². The van der Waals surface area contributed by atoms with E-state index in [0.717, 1.165) is 0 Å². The van der Waals surface area contributed by atoms with E-state index in [2.05, 4.69) is 33.0 Å². The second-order valence-electron chi connectivity index (χ2n) is 7.04. The summed E-state index contributed by atoms with van der Waals surface area (Å²) in [5.41, 5.74) is 0. The second-order valence-corrected chi connectivity index (χ2v) is 7.04. The zero-order chi connectivity index (χ0) is 16.5.